The Bertz CT molecular complexity index is 1210. The Hall–Kier alpha value is -3.59. The van der Waals surface area contributed by atoms with Gasteiger partial charge in [0.15, 0.2) is 0 Å². The number of carbonyl (C=O) groups excluding carboxylic acids is 1. The van der Waals surface area contributed by atoms with Crippen molar-refractivity contribution in [2.75, 3.05) is 4.72 Å². The summed E-state index contributed by atoms with van der Waals surface area (Å²) in [6.07, 6.45) is -3.00. The van der Waals surface area contributed by atoms with Crippen LogP contribution in [0, 0.1) is 0 Å². The average Bonchev–Trinajstić information content (AvgIpc) is 2.77. The van der Waals surface area contributed by atoms with Crippen LogP contribution in [0.2, 0.25) is 0 Å². The zero-order valence-corrected chi connectivity index (χ0v) is 17.5. The van der Waals surface area contributed by atoms with Crippen molar-refractivity contribution in [1.82, 2.24) is 5.32 Å². The first-order valence-corrected chi connectivity index (χ1v) is 11.0. The van der Waals surface area contributed by atoms with Crippen molar-refractivity contribution >= 4 is 27.7 Å². The molecule has 2 N–H and O–H groups in total. The third kappa shape index (κ3) is 6.71. The van der Waals surface area contributed by atoms with Gasteiger partial charge in [0.05, 0.1) is 11.0 Å². The molecule has 0 saturated heterocycles. The molecule has 5 nitrogen and oxygen atoms in total. The number of rotatable bonds is 7. The second kappa shape index (κ2) is 9.69. The molecule has 0 spiro atoms. The molecule has 0 aliphatic rings. The van der Waals surface area contributed by atoms with Crippen LogP contribution in [-0.4, -0.2) is 14.3 Å². The minimum absolute atomic E-state index is 0.0819. The molecule has 0 saturated carbocycles. The molecule has 0 heterocycles. The Kier molecular flexibility index (Phi) is 6.99. The molecule has 1 amide bonds. The SMILES string of the molecule is O=C(NCc1cccc(C(F)(F)F)c1)c1ccc(NS(=O)(=O)/C=C/c2ccccc2)cc1. The molecule has 32 heavy (non-hydrogen) atoms. The number of hydrogen-bond acceptors (Lipinski definition) is 3. The van der Waals surface area contributed by atoms with Gasteiger partial charge < -0.3 is 5.32 Å². The van der Waals surface area contributed by atoms with Crippen molar-refractivity contribution in [1.29, 1.82) is 0 Å². The standard InChI is InChI=1S/C23H19F3N2O3S/c24-23(25,26)20-8-4-7-18(15-20)16-27-22(29)19-9-11-21(12-10-19)28-32(30,31)14-13-17-5-2-1-3-6-17/h1-15,28H,16H2,(H,27,29)/b14-13+. The van der Waals surface area contributed by atoms with E-state index in [-0.39, 0.29) is 17.8 Å². The fourth-order valence-corrected chi connectivity index (χ4v) is 3.63. The molecule has 0 atom stereocenters. The highest BCUT2D eigenvalue weighted by Gasteiger charge is 2.30. The van der Waals surface area contributed by atoms with Crippen LogP contribution in [0.3, 0.4) is 0 Å². The predicted molar refractivity (Wildman–Crippen MR) is 117 cm³/mol. The molecular formula is C23H19F3N2O3S. The maximum atomic E-state index is 12.8. The molecule has 0 aromatic heterocycles. The zero-order chi connectivity index (χ0) is 23.2. The summed E-state index contributed by atoms with van der Waals surface area (Å²) >= 11 is 0. The molecular weight excluding hydrogens is 441 g/mol. The lowest BCUT2D eigenvalue weighted by atomic mass is 10.1. The highest BCUT2D eigenvalue weighted by atomic mass is 32.2. The molecule has 0 fully saturated rings. The molecule has 3 aromatic carbocycles. The van der Waals surface area contributed by atoms with Gasteiger partial charge in [-0.1, -0.05) is 42.5 Å². The van der Waals surface area contributed by atoms with Gasteiger partial charge in [-0.3, -0.25) is 9.52 Å². The van der Waals surface area contributed by atoms with E-state index in [0.29, 0.717) is 5.56 Å². The topological polar surface area (TPSA) is 75.3 Å². The van der Waals surface area contributed by atoms with Crippen molar-refractivity contribution < 1.29 is 26.4 Å². The number of sulfonamides is 1. The minimum Gasteiger partial charge on any atom is -0.348 e. The lowest BCUT2D eigenvalue weighted by Crippen LogP contribution is -2.23. The van der Waals surface area contributed by atoms with E-state index in [1.165, 1.54) is 42.5 Å². The van der Waals surface area contributed by atoms with E-state index in [9.17, 15) is 26.4 Å². The van der Waals surface area contributed by atoms with E-state index in [2.05, 4.69) is 10.0 Å². The van der Waals surface area contributed by atoms with Crippen LogP contribution >= 0.6 is 0 Å². The third-order valence-electron chi connectivity index (χ3n) is 4.35. The van der Waals surface area contributed by atoms with Crippen LogP contribution in [0.5, 0.6) is 0 Å². The zero-order valence-electron chi connectivity index (χ0n) is 16.6. The smallest absolute Gasteiger partial charge is 0.348 e. The van der Waals surface area contributed by atoms with Gasteiger partial charge in [0.2, 0.25) is 0 Å². The number of alkyl halides is 3. The van der Waals surface area contributed by atoms with E-state index >= 15 is 0 Å². The average molecular weight is 460 g/mol. The Morgan fingerprint density at radius 3 is 2.25 bits per heavy atom. The van der Waals surface area contributed by atoms with Gasteiger partial charge in [-0.05, 0) is 53.6 Å². The molecule has 9 heteroatoms. The van der Waals surface area contributed by atoms with Gasteiger partial charge in [-0.15, -0.1) is 0 Å². The second-order valence-electron chi connectivity index (χ2n) is 6.82. The number of benzene rings is 3. The molecule has 3 aromatic rings. The second-order valence-corrected chi connectivity index (χ2v) is 8.38. The van der Waals surface area contributed by atoms with Crippen LogP contribution in [0.4, 0.5) is 18.9 Å². The number of carbonyl (C=O) groups is 1. The van der Waals surface area contributed by atoms with Gasteiger partial charge in [-0.2, -0.15) is 13.2 Å². The summed E-state index contributed by atoms with van der Waals surface area (Å²) in [7, 11) is -3.75. The van der Waals surface area contributed by atoms with Gasteiger partial charge in [-0.25, -0.2) is 8.42 Å². The Balaban J connectivity index is 1.59. The van der Waals surface area contributed by atoms with Crippen molar-refractivity contribution in [2.24, 2.45) is 0 Å². The monoisotopic (exact) mass is 460 g/mol. The van der Waals surface area contributed by atoms with Crippen molar-refractivity contribution in [3.05, 3.63) is 107 Å². The number of hydrogen-bond donors (Lipinski definition) is 2. The number of nitrogens with one attached hydrogen (secondary N) is 2. The number of halogens is 3. The van der Waals surface area contributed by atoms with Crippen LogP contribution in [0.1, 0.15) is 27.0 Å². The summed E-state index contributed by atoms with van der Waals surface area (Å²) in [4.78, 5) is 12.3. The Labute approximate surface area is 183 Å². The maximum Gasteiger partial charge on any atom is 0.416 e. The molecule has 0 aliphatic heterocycles. The molecule has 0 unspecified atom stereocenters. The van der Waals surface area contributed by atoms with Crippen molar-refractivity contribution in [3.8, 4) is 0 Å². The van der Waals surface area contributed by atoms with Gasteiger partial charge in [0.1, 0.15) is 0 Å². The van der Waals surface area contributed by atoms with Gasteiger partial charge in [0, 0.05) is 17.8 Å². The van der Waals surface area contributed by atoms with E-state index in [0.717, 1.165) is 23.1 Å². The Morgan fingerprint density at radius 1 is 0.906 bits per heavy atom. The molecule has 3 rings (SSSR count). The van der Waals surface area contributed by atoms with Crippen LogP contribution < -0.4 is 10.0 Å². The summed E-state index contributed by atoms with van der Waals surface area (Å²) in [6, 6.07) is 19.3. The van der Waals surface area contributed by atoms with Crippen LogP contribution in [-0.2, 0) is 22.7 Å². The van der Waals surface area contributed by atoms with E-state index < -0.39 is 27.7 Å². The van der Waals surface area contributed by atoms with E-state index in [1.807, 2.05) is 6.07 Å². The Morgan fingerprint density at radius 2 is 1.59 bits per heavy atom. The first-order chi connectivity index (χ1) is 15.1. The minimum atomic E-state index is -4.46. The van der Waals surface area contributed by atoms with Gasteiger partial charge in [0.25, 0.3) is 15.9 Å². The maximum absolute atomic E-state index is 12.8. The highest BCUT2D eigenvalue weighted by Crippen LogP contribution is 2.29. The normalized spacial score (nSPS) is 12.0. The van der Waals surface area contributed by atoms with Crippen molar-refractivity contribution in [3.63, 3.8) is 0 Å². The van der Waals surface area contributed by atoms with Crippen LogP contribution in [0.15, 0.2) is 84.3 Å². The van der Waals surface area contributed by atoms with Gasteiger partial charge >= 0.3 is 6.18 Å². The summed E-state index contributed by atoms with van der Waals surface area (Å²) in [5, 5.41) is 3.58. The molecule has 0 bridgehead atoms. The number of amides is 1. The summed E-state index contributed by atoms with van der Waals surface area (Å²) in [6.45, 7) is -0.0819. The van der Waals surface area contributed by atoms with Crippen molar-refractivity contribution in [2.45, 2.75) is 12.7 Å². The number of anilines is 1. The fourth-order valence-electron chi connectivity index (χ4n) is 2.76. The molecule has 166 valence electrons. The molecule has 0 radical (unpaired) electrons. The largest absolute Gasteiger partial charge is 0.416 e. The fraction of sp³-hybridized carbons (Fsp3) is 0.0870. The predicted octanol–water partition coefficient (Wildman–Crippen LogP) is 5.05. The lowest BCUT2D eigenvalue weighted by Gasteiger charge is -2.10. The highest BCUT2D eigenvalue weighted by molar-refractivity contribution is 7.95. The van der Waals surface area contributed by atoms with Crippen LogP contribution in [0.25, 0.3) is 6.08 Å². The summed E-state index contributed by atoms with van der Waals surface area (Å²) in [5.74, 6) is -0.499. The lowest BCUT2D eigenvalue weighted by molar-refractivity contribution is -0.137. The molecule has 0 aliphatic carbocycles. The van der Waals surface area contributed by atoms with E-state index in [1.54, 1.807) is 24.3 Å². The first-order valence-electron chi connectivity index (χ1n) is 9.43. The third-order valence-corrected chi connectivity index (χ3v) is 5.37. The van der Waals surface area contributed by atoms with E-state index in [4.69, 9.17) is 0 Å². The quantitative estimate of drug-likeness (QED) is 0.518. The first kappa shape index (κ1) is 23.1. The summed E-state index contributed by atoms with van der Waals surface area (Å²) < 4.78 is 65.1. The summed E-state index contributed by atoms with van der Waals surface area (Å²) in [5.41, 5.74) is 0.743.